The number of hydrogen-bond acceptors (Lipinski definition) is 3. The van der Waals surface area contributed by atoms with Crippen LogP contribution in [0.3, 0.4) is 0 Å². The van der Waals surface area contributed by atoms with E-state index in [0.29, 0.717) is 11.3 Å². The minimum atomic E-state index is -2.53. The molecule has 23 heavy (non-hydrogen) atoms. The van der Waals surface area contributed by atoms with Crippen molar-refractivity contribution < 1.29 is 9.00 Å². The number of Topliss-reactive ketones (excluding diaryl/α,β-unsaturated/α-hetero) is 1. The number of carbonyl (C=O) groups is 1. The predicted octanol–water partition coefficient (Wildman–Crippen LogP) is 4.60. The standard InChI is InChI=1S/C19H19NO2S/c1-14(21)16-6-5-7-17(10-16)20-23(22,18-8-3-2-4-9-18)19-11-15(12-19)13-19/h2-10,15H,11-13H2,1H3. The first-order valence-electron chi connectivity index (χ1n) is 7.95. The Morgan fingerprint density at radius 3 is 2.35 bits per heavy atom. The van der Waals surface area contributed by atoms with Gasteiger partial charge in [0.25, 0.3) is 0 Å². The second kappa shape index (κ2) is 5.03. The summed E-state index contributed by atoms with van der Waals surface area (Å²) >= 11 is 0. The Kier molecular flexibility index (Phi) is 3.20. The van der Waals surface area contributed by atoms with Crippen LogP contribution in [0.25, 0.3) is 0 Å². The lowest BCUT2D eigenvalue weighted by atomic mass is 9.55. The topological polar surface area (TPSA) is 46.5 Å². The van der Waals surface area contributed by atoms with Gasteiger partial charge in [-0.3, -0.25) is 4.79 Å². The van der Waals surface area contributed by atoms with E-state index in [0.717, 1.165) is 30.1 Å². The molecule has 0 spiro atoms. The van der Waals surface area contributed by atoms with Crippen LogP contribution < -0.4 is 0 Å². The number of carbonyl (C=O) groups excluding carboxylic acids is 1. The van der Waals surface area contributed by atoms with Gasteiger partial charge in [-0.1, -0.05) is 30.3 Å². The highest BCUT2D eigenvalue weighted by atomic mass is 32.2. The fourth-order valence-electron chi connectivity index (χ4n) is 3.67. The fourth-order valence-corrected chi connectivity index (χ4v) is 6.79. The van der Waals surface area contributed by atoms with Crippen LogP contribution in [0.2, 0.25) is 0 Å². The smallest absolute Gasteiger partial charge is 0.159 e. The van der Waals surface area contributed by atoms with Crippen LogP contribution >= 0.6 is 0 Å². The number of hydrogen-bond donors (Lipinski definition) is 0. The number of nitrogens with zero attached hydrogens (tertiary/aromatic N) is 1. The maximum absolute atomic E-state index is 13.9. The van der Waals surface area contributed by atoms with Crippen molar-refractivity contribution in [3.63, 3.8) is 0 Å². The van der Waals surface area contributed by atoms with E-state index in [1.54, 1.807) is 12.1 Å². The van der Waals surface area contributed by atoms with Gasteiger partial charge >= 0.3 is 0 Å². The molecule has 0 N–H and O–H groups in total. The zero-order valence-corrected chi connectivity index (χ0v) is 13.9. The highest BCUT2D eigenvalue weighted by Crippen LogP contribution is 2.64. The van der Waals surface area contributed by atoms with Crippen LogP contribution in [-0.4, -0.2) is 14.7 Å². The molecule has 3 aliphatic rings. The van der Waals surface area contributed by atoms with Crippen LogP contribution in [-0.2, 0) is 9.73 Å². The summed E-state index contributed by atoms with van der Waals surface area (Å²) in [6, 6.07) is 16.8. The molecular formula is C19H19NO2S. The van der Waals surface area contributed by atoms with Crippen LogP contribution in [0, 0.1) is 5.92 Å². The Morgan fingerprint density at radius 2 is 1.78 bits per heavy atom. The molecule has 3 aliphatic carbocycles. The third-order valence-electron chi connectivity index (χ3n) is 5.12. The van der Waals surface area contributed by atoms with E-state index in [1.165, 1.54) is 6.92 Å². The fraction of sp³-hybridized carbons (Fsp3) is 0.316. The summed E-state index contributed by atoms with van der Waals surface area (Å²) in [5.41, 5.74) is 1.25. The Balaban J connectivity index is 1.88. The van der Waals surface area contributed by atoms with Crippen LogP contribution in [0.4, 0.5) is 5.69 Å². The Hall–Kier alpha value is -1.94. The number of ketones is 1. The van der Waals surface area contributed by atoms with E-state index in [2.05, 4.69) is 0 Å². The molecule has 2 aromatic carbocycles. The van der Waals surface area contributed by atoms with Gasteiger partial charge in [-0.15, -0.1) is 0 Å². The number of rotatable bonds is 4. The van der Waals surface area contributed by atoms with E-state index in [9.17, 15) is 9.00 Å². The summed E-state index contributed by atoms with van der Waals surface area (Å²) in [6.07, 6.45) is 3.03. The lowest BCUT2D eigenvalue weighted by Crippen LogP contribution is -2.62. The van der Waals surface area contributed by atoms with Crippen molar-refractivity contribution in [1.82, 2.24) is 0 Å². The van der Waals surface area contributed by atoms with Crippen molar-refractivity contribution >= 4 is 21.2 Å². The average Bonchev–Trinajstić information content (AvgIpc) is 2.45. The molecule has 1 unspecified atom stereocenters. The molecule has 0 radical (unpaired) electrons. The molecule has 0 aromatic heterocycles. The number of benzene rings is 2. The molecule has 0 aliphatic heterocycles. The maximum atomic E-state index is 13.9. The van der Waals surface area contributed by atoms with E-state index in [4.69, 9.17) is 4.36 Å². The van der Waals surface area contributed by atoms with Crippen LogP contribution in [0.15, 0.2) is 63.9 Å². The lowest BCUT2D eigenvalue weighted by molar-refractivity contribution is 0.0516. The largest absolute Gasteiger partial charge is 0.295 e. The van der Waals surface area contributed by atoms with Gasteiger partial charge in [0.15, 0.2) is 5.78 Å². The zero-order valence-electron chi connectivity index (χ0n) is 13.1. The molecule has 2 bridgehead atoms. The third kappa shape index (κ3) is 2.16. The predicted molar refractivity (Wildman–Crippen MR) is 91.5 cm³/mol. The molecule has 1 atom stereocenters. The SMILES string of the molecule is CC(=O)c1cccc(N=S(=O)(c2ccccc2)C23CC(C2)C3)c1. The highest BCUT2D eigenvalue weighted by Gasteiger charge is 2.63. The summed E-state index contributed by atoms with van der Waals surface area (Å²) in [5.74, 6) is 0.733. The van der Waals surface area contributed by atoms with Crippen LogP contribution in [0.1, 0.15) is 36.5 Å². The molecule has 3 nitrogen and oxygen atoms in total. The molecule has 4 heteroatoms. The van der Waals surface area contributed by atoms with Crippen LogP contribution in [0.5, 0.6) is 0 Å². The monoisotopic (exact) mass is 325 g/mol. The lowest BCUT2D eigenvalue weighted by Gasteiger charge is -2.62. The van der Waals surface area contributed by atoms with Gasteiger partial charge in [0, 0.05) is 10.5 Å². The normalized spacial score (nSPS) is 27.3. The first-order valence-corrected chi connectivity index (χ1v) is 9.47. The van der Waals surface area contributed by atoms with Crippen molar-refractivity contribution in [3.8, 4) is 0 Å². The average molecular weight is 325 g/mol. The van der Waals surface area contributed by atoms with Gasteiger partial charge in [-0.25, -0.2) is 4.21 Å². The van der Waals surface area contributed by atoms with E-state index in [1.807, 2.05) is 42.5 Å². The van der Waals surface area contributed by atoms with E-state index < -0.39 is 9.73 Å². The van der Waals surface area contributed by atoms with Crippen molar-refractivity contribution in [1.29, 1.82) is 0 Å². The quantitative estimate of drug-likeness (QED) is 0.771. The minimum absolute atomic E-state index is 0.00113. The summed E-state index contributed by atoms with van der Waals surface area (Å²) in [6.45, 7) is 1.54. The van der Waals surface area contributed by atoms with Crippen molar-refractivity contribution in [3.05, 3.63) is 60.2 Å². The summed E-state index contributed by atoms with van der Waals surface area (Å²) in [4.78, 5) is 12.4. The molecule has 0 saturated heterocycles. The molecule has 5 rings (SSSR count). The second-order valence-corrected chi connectivity index (χ2v) is 9.27. The Labute approximate surface area is 136 Å². The van der Waals surface area contributed by atoms with Gasteiger partial charge < -0.3 is 0 Å². The molecule has 0 heterocycles. The summed E-state index contributed by atoms with van der Waals surface area (Å²) in [7, 11) is -2.53. The van der Waals surface area contributed by atoms with E-state index in [-0.39, 0.29) is 10.5 Å². The van der Waals surface area contributed by atoms with Gasteiger partial charge in [0.2, 0.25) is 0 Å². The molecule has 0 amide bonds. The van der Waals surface area contributed by atoms with Crippen molar-refractivity contribution in [2.75, 3.05) is 0 Å². The summed E-state index contributed by atoms with van der Waals surface area (Å²) < 4.78 is 18.5. The molecule has 3 saturated carbocycles. The zero-order chi connectivity index (χ0) is 16.1. The Morgan fingerprint density at radius 1 is 1.09 bits per heavy atom. The van der Waals surface area contributed by atoms with Crippen molar-refractivity contribution in [2.24, 2.45) is 10.3 Å². The maximum Gasteiger partial charge on any atom is 0.159 e. The van der Waals surface area contributed by atoms with Gasteiger partial charge in [0.1, 0.15) is 0 Å². The van der Waals surface area contributed by atoms with Gasteiger partial charge in [-0.05, 0) is 56.4 Å². The Bertz CT molecular complexity index is 878. The van der Waals surface area contributed by atoms with Gasteiger partial charge in [0.05, 0.1) is 20.2 Å². The molecule has 2 aromatic rings. The third-order valence-corrected chi connectivity index (χ3v) is 8.17. The van der Waals surface area contributed by atoms with E-state index >= 15 is 0 Å². The second-order valence-electron chi connectivity index (χ2n) is 6.70. The molecule has 118 valence electrons. The molecule has 3 fully saturated rings. The summed E-state index contributed by atoms with van der Waals surface area (Å²) in [5, 5.41) is 0. The molecular weight excluding hydrogens is 306 g/mol. The minimum Gasteiger partial charge on any atom is -0.295 e. The first-order chi connectivity index (χ1) is 11.0. The van der Waals surface area contributed by atoms with Gasteiger partial charge in [-0.2, -0.15) is 4.36 Å². The first kappa shape index (κ1) is 14.6. The highest BCUT2D eigenvalue weighted by molar-refractivity contribution is 7.95. The van der Waals surface area contributed by atoms with Crippen molar-refractivity contribution in [2.45, 2.75) is 35.8 Å².